The Balaban J connectivity index is 1.83. The van der Waals surface area contributed by atoms with E-state index >= 15 is 0 Å². The molecule has 0 aromatic heterocycles. The molecule has 1 nitrogen and oxygen atoms in total. The first-order chi connectivity index (χ1) is 9.29. The normalized spacial score (nSPS) is 28.2. The molecule has 2 unspecified atom stereocenters. The van der Waals surface area contributed by atoms with Gasteiger partial charge >= 0.3 is 0 Å². The average molecular weight is 250 g/mol. The van der Waals surface area contributed by atoms with E-state index in [4.69, 9.17) is 0 Å². The Morgan fingerprint density at radius 3 is 2.53 bits per heavy atom. The summed E-state index contributed by atoms with van der Waals surface area (Å²) in [6.07, 6.45) is 3.77. The first-order valence-electron chi connectivity index (χ1n) is 7.30. The maximum atomic E-state index is 2.43. The van der Waals surface area contributed by atoms with E-state index in [2.05, 4.69) is 55.6 Å². The standard InChI is InChI=1S/C18H20N/c1-19(13-12-15-7-3-5-9-17(15)19)18-11-10-14-6-2-4-8-16(14)18/h2-9,18H,10-13H2,1H3/q+1. The van der Waals surface area contributed by atoms with Gasteiger partial charge in [-0.25, -0.2) is 0 Å². The van der Waals surface area contributed by atoms with Crippen molar-refractivity contribution in [3.63, 3.8) is 0 Å². The summed E-state index contributed by atoms with van der Waals surface area (Å²) in [5, 5.41) is 0. The first-order valence-corrected chi connectivity index (χ1v) is 7.30. The fraction of sp³-hybridized carbons (Fsp3) is 0.333. The van der Waals surface area contributed by atoms with Gasteiger partial charge in [0.15, 0.2) is 0 Å². The van der Waals surface area contributed by atoms with Crippen molar-refractivity contribution in [2.24, 2.45) is 0 Å². The van der Waals surface area contributed by atoms with E-state index in [1.165, 1.54) is 25.8 Å². The zero-order valence-corrected chi connectivity index (χ0v) is 11.5. The molecule has 0 amide bonds. The minimum atomic E-state index is 0.653. The molecular weight excluding hydrogens is 230 g/mol. The van der Waals surface area contributed by atoms with E-state index in [9.17, 15) is 0 Å². The average Bonchev–Trinajstić information content (AvgIpc) is 3.02. The lowest BCUT2D eigenvalue weighted by molar-refractivity contribution is 0.264. The van der Waals surface area contributed by atoms with Crippen molar-refractivity contribution in [2.45, 2.75) is 25.3 Å². The second-order valence-electron chi connectivity index (χ2n) is 6.12. The number of hydrogen-bond acceptors (Lipinski definition) is 0. The number of likely N-dealkylation sites (N-methyl/N-ethyl adjacent to an activating group) is 1. The van der Waals surface area contributed by atoms with Gasteiger partial charge in [-0.15, -0.1) is 0 Å². The largest absolute Gasteiger partial charge is 0.287 e. The molecule has 2 aromatic carbocycles. The fourth-order valence-corrected chi connectivity index (χ4v) is 4.14. The second kappa shape index (κ2) is 3.94. The third-order valence-electron chi connectivity index (χ3n) is 5.18. The molecule has 0 bridgehead atoms. The highest BCUT2D eigenvalue weighted by atomic mass is 15.4. The Morgan fingerprint density at radius 1 is 0.895 bits per heavy atom. The first kappa shape index (κ1) is 11.2. The lowest BCUT2D eigenvalue weighted by atomic mass is 10.0. The van der Waals surface area contributed by atoms with E-state index < -0.39 is 0 Å². The number of nitrogens with zero attached hydrogens (tertiary/aromatic N) is 1. The summed E-state index contributed by atoms with van der Waals surface area (Å²) in [7, 11) is 2.43. The Bertz CT molecular complexity index is 631. The fourth-order valence-electron chi connectivity index (χ4n) is 4.14. The van der Waals surface area contributed by atoms with Crippen LogP contribution in [-0.4, -0.2) is 13.6 Å². The van der Waals surface area contributed by atoms with Gasteiger partial charge in [-0.3, -0.25) is 4.48 Å². The van der Waals surface area contributed by atoms with Crippen LogP contribution in [0.1, 0.15) is 29.2 Å². The molecule has 1 heteroatoms. The number of para-hydroxylation sites is 1. The molecule has 19 heavy (non-hydrogen) atoms. The minimum Gasteiger partial charge on any atom is -0.287 e. The Labute approximate surface area is 115 Å². The van der Waals surface area contributed by atoms with Gasteiger partial charge in [0.2, 0.25) is 0 Å². The molecule has 0 saturated heterocycles. The van der Waals surface area contributed by atoms with Gasteiger partial charge in [0.05, 0.1) is 13.6 Å². The predicted octanol–water partition coefficient (Wildman–Crippen LogP) is 3.87. The number of aryl methyl sites for hydroxylation is 1. The number of rotatable bonds is 1. The van der Waals surface area contributed by atoms with E-state index in [0.717, 1.165) is 4.48 Å². The monoisotopic (exact) mass is 250 g/mol. The summed E-state index contributed by atoms with van der Waals surface area (Å²) in [4.78, 5) is 0. The van der Waals surface area contributed by atoms with Gasteiger partial charge in [0, 0.05) is 24.0 Å². The summed E-state index contributed by atoms with van der Waals surface area (Å²) in [6.45, 7) is 1.25. The highest BCUT2D eigenvalue weighted by Crippen LogP contribution is 2.46. The van der Waals surface area contributed by atoms with Gasteiger partial charge in [0.1, 0.15) is 11.7 Å². The van der Waals surface area contributed by atoms with Gasteiger partial charge < -0.3 is 0 Å². The second-order valence-corrected chi connectivity index (χ2v) is 6.12. The van der Waals surface area contributed by atoms with E-state index in [1.54, 1.807) is 22.4 Å². The summed E-state index contributed by atoms with van der Waals surface area (Å²) < 4.78 is 1.10. The van der Waals surface area contributed by atoms with Crippen molar-refractivity contribution in [3.05, 3.63) is 65.2 Å². The van der Waals surface area contributed by atoms with E-state index in [0.29, 0.717) is 6.04 Å². The zero-order valence-electron chi connectivity index (χ0n) is 11.5. The van der Waals surface area contributed by atoms with Crippen LogP contribution in [0, 0.1) is 0 Å². The van der Waals surface area contributed by atoms with Crippen molar-refractivity contribution < 1.29 is 0 Å². The maximum absolute atomic E-state index is 2.43. The molecule has 1 aliphatic carbocycles. The van der Waals surface area contributed by atoms with Crippen molar-refractivity contribution in [1.82, 2.24) is 4.48 Å². The molecule has 0 N–H and O–H groups in total. The summed E-state index contributed by atoms with van der Waals surface area (Å²) >= 11 is 0. The van der Waals surface area contributed by atoms with Crippen LogP contribution >= 0.6 is 0 Å². The van der Waals surface area contributed by atoms with Crippen LogP contribution in [-0.2, 0) is 12.8 Å². The Morgan fingerprint density at radius 2 is 1.63 bits per heavy atom. The van der Waals surface area contributed by atoms with Crippen LogP contribution in [0.3, 0.4) is 0 Å². The van der Waals surface area contributed by atoms with Crippen LogP contribution in [0.4, 0.5) is 5.69 Å². The molecule has 0 fully saturated rings. The summed E-state index contributed by atoms with van der Waals surface area (Å²) in [5.74, 6) is 0. The smallest absolute Gasteiger partial charge is 0.136 e. The molecule has 1 heterocycles. The van der Waals surface area contributed by atoms with Crippen LogP contribution in [0.5, 0.6) is 0 Å². The molecule has 0 saturated carbocycles. The third kappa shape index (κ3) is 1.51. The maximum Gasteiger partial charge on any atom is 0.136 e. The summed E-state index contributed by atoms with van der Waals surface area (Å²) in [5.41, 5.74) is 6.25. The number of hydrogen-bond donors (Lipinski definition) is 0. The third-order valence-corrected chi connectivity index (χ3v) is 5.18. The molecule has 4 rings (SSSR count). The van der Waals surface area contributed by atoms with Crippen molar-refractivity contribution in [3.8, 4) is 0 Å². The Hall–Kier alpha value is -1.60. The van der Waals surface area contributed by atoms with E-state index in [-0.39, 0.29) is 0 Å². The van der Waals surface area contributed by atoms with Gasteiger partial charge in [-0.05, 0) is 18.1 Å². The van der Waals surface area contributed by atoms with Gasteiger partial charge in [0.25, 0.3) is 0 Å². The highest BCUT2D eigenvalue weighted by Gasteiger charge is 2.44. The molecule has 2 aliphatic rings. The van der Waals surface area contributed by atoms with Crippen molar-refractivity contribution >= 4 is 5.69 Å². The highest BCUT2D eigenvalue weighted by molar-refractivity contribution is 5.56. The molecule has 2 atom stereocenters. The molecular formula is C18H20N+. The van der Waals surface area contributed by atoms with Crippen LogP contribution in [0.2, 0.25) is 0 Å². The minimum absolute atomic E-state index is 0.653. The predicted molar refractivity (Wildman–Crippen MR) is 80.2 cm³/mol. The van der Waals surface area contributed by atoms with E-state index in [1.807, 2.05) is 0 Å². The quantitative estimate of drug-likeness (QED) is 0.674. The molecule has 0 spiro atoms. The Kier molecular flexibility index (Phi) is 2.33. The molecule has 0 radical (unpaired) electrons. The van der Waals surface area contributed by atoms with Crippen molar-refractivity contribution in [1.29, 1.82) is 0 Å². The molecule has 1 aliphatic heterocycles. The zero-order chi connectivity index (χ0) is 12.9. The topological polar surface area (TPSA) is 0 Å². The van der Waals surface area contributed by atoms with Crippen molar-refractivity contribution in [2.75, 3.05) is 13.6 Å². The van der Waals surface area contributed by atoms with Crippen LogP contribution in [0.25, 0.3) is 0 Å². The number of fused-ring (bicyclic) bond motifs is 2. The van der Waals surface area contributed by atoms with Crippen LogP contribution in [0.15, 0.2) is 48.5 Å². The lowest BCUT2D eigenvalue weighted by Gasteiger charge is -2.36. The molecule has 96 valence electrons. The van der Waals surface area contributed by atoms with Gasteiger partial charge in [-0.2, -0.15) is 0 Å². The number of benzene rings is 2. The van der Waals surface area contributed by atoms with Crippen LogP contribution < -0.4 is 4.48 Å². The SMILES string of the molecule is C[N+]1(C2CCc3ccccc32)CCc2ccccc21. The number of quaternary nitrogens is 1. The lowest BCUT2D eigenvalue weighted by Crippen LogP contribution is -2.45. The summed E-state index contributed by atoms with van der Waals surface area (Å²) in [6, 6.07) is 18.7. The van der Waals surface area contributed by atoms with Gasteiger partial charge in [-0.1, -0.05) is 42.5 Å². The molecule has 2 aromatic rings.